The standard InChI is InChI=1S/C16H25OS.C12H12OS.C10H13OS.C8H10ClS.C8H10OS.C8H11S.C3H9S/c1-3-5-12-18(13-6-4-2)14-16(17)15-10-8-7-9-11-15;1-14(2)12-8-7-11(13)9-5-3-4-6-10(9)12;1-12(2)8-10(11)9-6-4-3-5-7-9;1-10(7-9)8-5-3-2-4-6-8;1-10(2)8-5-3-7(9)4-6-8;1-9(2)8-6-4-3-5-7-8;1-4(2)3/h7-11H,3-6,12-14H2,1-2H3;3-8H,1-2H3;3-7H,8H2,1-2H3;2-6H,7H2,1H3;3-6H,1-2H3;3-7H,1-2H3;1-3H3/q+1;;2*+1;;2*+1/p+2. The van der Waals surface area contributed by atoms with E-state index in [4.69, 9.17) is 16.7 Å². The van der Waals surface area contributed by atoms with Crippen LogP contribution in [0.15, 0.2) is 202 Å². The highest BCUT2D eigenvalue weighted by Crippen LogP contribution is 2.30. The Balaban J connectivity index is 0.000000462. The number of fused-ring (bicyclic) bond motifs is 1. The molecule has 7 rings (SSSR count). The summed E-state index contributed by atoms with van der Waals surface area (Å²) in [5, 5.41) is 21.5. The van der Waals surface area contributed by atoms with Gasteiger partial charge in [-0.05, 0) is 112 Å². The highest BCUT2D eigenvalue weighted by atomic mass is 35.5. The molecule has 7 aromatic carbocycles. The molecule has 1 atom stereocenters. The fourth-order valence-corrected chi connectivity index (χ4v) is 13.1. The normalized spacial score (nSPS) is 10.8. The van der Waals surface area contributed by atoms with Gasteiger partial charge >= 0.3 is 0 Å². The molecule has 0 saturated heterocycles. The maximum atomic E-state index is 12.2. The van der Waals surface area contributed by atoms with Crippen LogP contribution in [0, 0.1) is 0 Å². The number of phenolic OH excluding ortho intramolecular Hbond substituents is 2. The van der Waals surface area contributed by atoms with Gasteiger partial charge in [0.25, 0.3) is 0 Å². The number of unbranched alkanes of at least 4 members (excludes halogenated alkanes) is 2. The monoisotopic (exact) mass is 1200 g/mol. The Labute approximate surface area is 492 Å². The van der Waals surface area contributed by atoms with Crippen LogP contribution in [0.3, 0.4) is 0 Å². The van der Waals surface area contributed by atoms with Crippen molar-refractivity contribution in [2.75, 3.05) is 103 Å². The van der Waals surface area contributed by atoms with Crippen molar-refractivity contribution in [1.82, 2.24) is 0 Å². The van der Waals surface area contributed by atoms with Gasteiger partial charge in [-0.3, -0.25) is 9.59 Å². The topological polar surface area (TPSA) is 74.6 Å². The van der Waals surface area contributed by atoms with Crippen molar-refractivity contribution in [3.05, 3.63) is 193 Å². The molecule has 0 aliphatic carbocycles. The molecule has 0 fully saturated rings. The maximum absolute atomic E-state index is 12.2. The van der Waals surface area contributed by atoms with Crippen LogP contribution in [-0.2, 0) is 76.3 Å². The number of Topliss-reactive ketones (excluding diaryl/α,β-unsaturated/α-hetero) is 2. The van der Waals surface area contributed by atoms with Crippen LogP contribution in [0.5, 0.6) is 11.5 Å². The molecule has 0 amide bonds. The lowest BCUT2D eigenvalue weighted by Crippen LogP contribution is -2.22. The molecule has 1 unspecified atom stereocenters. The second kappa shape index (κ2) is 43.3. The number of carbonyl (C=O) groups excluding carboxylic acids is 2. The van der Waals surface area contributed by atoms with Crippen molar-refractivity contribution in [2.45, 2.75) is 59.1 Å². The molecule has 0 bridgehead atoms. The Morgan fingerprint density at radius 3 is 1.18 bits per heavy atom. The van der Waals surface area contributed by atoms with Crippen molar-refractivity contribution >= 4 is 110 Å². The van der Waals surface area contributed by atoms with E-state index in [9.17, 15) is 14.7 Å². The van der Waals surface area contributed by atoms with Crippen LogP contribution in [0.25, 0.3) is 10.8 Å². The molecule has 0 heterocycles. The molecular formula is C65H92ClO4S7+7. The third kappa shape index (κ3) is 33.0. The molecule has 0 saturated carbocycles. The number of alkyl halides is 1. The third-order valence-electron chi connectivity index (χ3n) is 10.7. The molecule has 0 aromatic heterocycles. The second-order valence-electron chi connectivity index (χ2n) is 18.7. The molecule has 0 radical (unpaired) electrons. The summed E-state index contributed by atoms with van der Waals surface area (Å²) in [7, 11) is 2.31. The molecule has 418 valence electrons. The van der Waals surface area contributed by atoms with Gasteiger partial charge in [0.15, 0.2) is 36.3 Å². The Morgan fingerprint density at radius 2 is 0.805 bits per heavy atom. The fourth-order valence-electron chi connectivity index (χ4n) is 6.54. The Bertz CT molecular complexity index is 2560. The number of hydrogen-bond donors (Lipinski definition) is 2. The predicted octanol–water partition coefficient (Wildman–Crippen LogP) is 15.2. The van der Waals surface area contributed by atoms with E-state index in [1.807, 2.05) is 115 Å². The average molecular weight is 1200 g/mol. The van der Waals surface area contributed by atoms with Crippen molar-refractivity contribution in [3.63, 3.8) is 0 Å². The van der Waals surface area contributed by atoms with Gasteiger partial charge in [-0.15, -0.1) is 0 Å². The van der Waals surface area contributed by atoms with Crippen molar-refractivity contribution in [3.8, 4) is 11.5 Å². The fraction of sp³-hybridized carbons (Fsp3) is 0.354. The predicted molar refractivity (Wildman–Crippen MR) is 364 cm³/mol. The van der Waals surface area contributed by atoms with Gasteiger partial charge in [0, 0.05) is 65.5 Å². The van der Waals surface area contributed by atoms with E-state index < -0.39 is 0 Å². The van der Waals surface area contributed by atoms with Crippen LogP contribution < -0.4 is 0 Å². The minimum absolute atomic E-state index is 0.204. The summed E-state index contributed by atoms with van der Waals surface area (Å²) < 4.78 is 0. The minimum atomic E-state index is 0.204. The summed E-state index contributed by atoms with van der Waals surface area (Å²) in [6, 6.07) is 59.3. The number of rotatable bonds is 17. The lowest BCUT2D eigenvalue weighted by molar-refractivity contribution is 0.101. The zero-order valence-electron chi connectivity index (χ0n) is 48.6. The van der Waals surface area contributed by atoms with Gasteiger partial charge in [-0.2, -0.15) is 0 Å². The number of ketones is 2. The molecule has 0 aliphatic heterocycles. The van der Waals surface area contributed by atoms with E-state index in [1.165, 1.54) is 62.2 Å². The molecule has 2 N–H and O–H groups in total. The SMILES string of the molecule is CCCC[S+](CCCC)CC(=O)c1ccccc1.C[S+](C)C.C[S+](C)CC(=O)c1ccccc1.C[S+](C)c1ccc(O)c2ccccc12.C[S+](C)c1ccc(O)cc1.C[S+](C)c1ccccc1.C[S+](CCl)c1ccccc1. The summed E-state index contributed by atoms with van der Waals surface area (Å²) in [5.74, 6) is 5.18. The van der Waals surface area contributed by atoms with E-state index in [1.54, 1.807) is 18.2 Å². The zero-order valence-corrected chi connectivity index (χ0v) is 55.1. The summed E-state index contributed by atoms with van der Waals surface area (Å²) >= 11 is 5.70. The number of halogens is 1. The second-order valence-corrected chi connectivity index (χ2v) is 34.7. The summed E-state index contributed by atoms with van der Waals surface area (Å²) in [6.07, 6.45) is 31.1. The smallest absolute Gasteiger partial charge is 0.211 e. The van der Waals surface area contributed by atoms with Crippen LogP contribution in [0.1, 0.15) is 60.2 Å². The first-order valence-corrected chi connectivity index (χ1v) is 40.5. The molecule has 0 spiro atoms. The highest BCUT2D eigenvalue weighted by Gasteiger charge is 2.22. The lowest BCUT2D eigenvalue weighted by Gasteiger charge is -2.07. The number of phenols is 2. The van der Waals surface area contributed by atoms with Crippen LogP contribution in [-0.4, -0.2) is 125 Å². The van der Waals surface area contributed by atoms with Gasteiger partial charge in [-0.25, -0.2) is 0 Å². The molecule has 12 heteroatoms. The van der Waals surface area contributed by atoms with Crippen molar-refractivity contribution in [1.29, 1.82) is 0 Å². The number of carbonyl (C=O) groups is 2. The third-order valence-corrected chi connectivity index (χ3v) is 19.9. The Hall–Kier alpha value is -3.52. The summed E-state index contributed by atoms with van der Waals surface area (Å²) in [4.78, 5) is 29.0. The first-order valence-electron chi connectivity index (χ1n) is 25.6. The maximum Gasteiger partial charge on any atom is 0.211 e. The van der Waals surface area contributed by atoms with Gasteiger partial charge < -0.3 is 10.2 Å². The van der Waals surface area contributed by atoms with Gasteiger partial charge in [0.1, 0.15) is 66.8 Å². The number of benzene rings is 7. The first-order chi connectivity index (χ1) is 36.7. The Morgan fingerprint density at radius 1 is 0.429 bits per heavy atom. The van der Waals surface area contributed by atoms with E-state index in [2.05, 4.69) is 137 Å². The molecular weight excluding hydrogens is 1100 g/mol. The Kier molecular flexibility index (Phi) is 40.2. The highest BCUT2D eigenvalue weighted by molar-refractivity contribution is 7.98. The van der Waals surface area contributed by atoms with Gasteiger partial charge in [0.2, 0.25) is 11.6 Å². The number of hydrogen-bond acceptors (Lipinski definition) is 4. The van der Waals surface area contributed by atoms with E-state index in [0.717, 1.165) is 27.5 Å². The minimum Gasteiger partial charge on any atom is -0.508 e. The zero-order chi connectivity index (χ0) is 57.5. The van der Waals surface area contributed by atoms with E-state index >= 15 is 0 Å². The van der Waals surface area contributed by atoms with Crippen molar-refractivity contribution < 1.29 is 19.8 Å². The quantitative estimate of drug-likeness (QED) is 0.0541. The first kappa shape index (κ1) is 71.5. The largest absolute Gasteiger partial charge is 0.508 e. The number of aromatic hydroxyl groups is 2. The molecule has 77 heavy (non-hydrogen) atoms. The average Bonchev–Trinajstić information content (AvgIpc) is 3.43. The van der Waals surface area contributed by atoms with E-state index in [0.29, 0.717) is 66.6 Å². The summed E-state index contributed by atoms with van der Waals surface area (Å²) in [5.41, 5.74) is 1.71. The van der Waals surface area contributed by atoms with Crippen LogP contribution in [0.2, 0.25) is 0 Å². The van der Waals surface area contributed by atoms with E-state index in [-0.39, 0.29) is 38.5 Å². The van der Waals surface area contributed by atoms with Gasteiger partial charge in [0.05, 0.1) is 31.3 Å². The summed E-state index contributed by atoms with van der Waals surface area (Å²) in [6.45, 7) is 4.45. The van der Waals surface area contributed by atoms with Crippen LogP contribution in [0.4, 0.5) is 0 Å². The van der Waals surface area contributed by atoms with Crippen molar-refractivity contribution in [2.24, 2.45) is 0 Å². The van der Waals surface area contributed by atoms with Crippen LogP contribution >= 0.6 is 11.6 Å². The van der Waals surface area contributed by atoms with Gasteiger partial charge in [-0.1, -0.05) is 154 Å². The lowest BCUT2D eigenvalue weighted by atomic mass is 10.1. The molecule has 7 aromatic rings. The molecule has 4 nitrogen and oxygen atoms in total. The molecule has 0 aliphatic rings.